The summed E-state index contributed by atoms with van der Waals surface area (Å²) in [6, 6.07) is 4.66. The van der Waals surface area contributed by atoms with Gasteiger partial charge >= 0.3 is 0 Å². The number of furan rings is 1. The lowest BCUT2D eigenvalue weighted by Gasteiger charge is -2.20. The number of nitrogens with one attached hydrogen (secondary N) is 1. The zero-order valence-corrected chi connectivity index (χ0v) is 13.2. The van der Waals surface area contributed by atoms with E-state index in [1.807, 2.05) is 0 Å². The van der Waals surface area contributed by atoms with E-state index in [1.54, 1.807) is 7.11 Å². The van der Waals surface area contributed by atoms with E-state index in [4.69, 9.17) is 9.15 Å². The van der Waals surface area contributed by atoms with E-state index in [0.29, 0.717) is 12.6 Å². The first-order valence-corrected chi connectivity index (χ1v) is 8.64. The van der Waals surface area contributed by atoms with Gasteiger partial charge in [-0.1, -0.05) is 6.92 Å². The fraction of sp³-hybridized carbons (Fsp3) is 0.778. The van der Waals surface area contributed by atoms with Gasteiger partial charge in [0.1, 0.15) is 18.1 Å². The van der Waals surface area contributed by atoms with Gasteiger partial charge in [0, 0.05) is 7.11 Å². The summed E-state index contributed by atoms with van der Waals surface area (Å²) in [5, 5.41) is 3.77. The van der Waals surface area contributed by atoms with Gasteiger partial charge in [-0.15, -0.1) is 0 Å². The van der Waals surface area contributed by atoms with Crippen LogP contribution in [-0.4, -0.2) is 13.7 Å². The zero-order chi connectivity index (χ0) is 14.4. The highest BCUT2D eigenvalue weighted by Gasteiger charge is 2.67. The molecular formula is C18H27NO2. The Morgan fingerprint density at radius 1 is 1.29 bits per heavy atom. The van der Waals surface area contributed by atoms with Gasteiger partial charge in [-0.2, -0.15) is 0 Å². The van der Waals surface area contributed by atoms with Gasteiger partial charge in [0.05, 0.1) is 6.04 Å². The fourth-order valence-corrected chi connectivity index (χ4v) is 5.35. The summed E-state index contributed by atoms with van der Waals surface area (Å²) >= 11 is 0. The van der Waals surface area contributed by atoms with Crippen LogP contribution in [0.5, 0.6) is 0 Å². The van der Waals surface area contributed by atoms with Crippen molar-refractivity contribution in [2.24, 2.45) is 29.6 Å². The molecule has 4 rings (SSSR count). The fourth-order valence-electron chi connectivity index (χ4n) is 5.35. The molecule has 3 nitrogen and oxygen atoms in total. The van der Waals surface area contributed by atoms with Crippen LogP contribution in [0, 0.1) is 29.6 Å². The molecule has 0 amide bonds. The van der Waals surface area contributed by atoms with E-state index in [0.717, 1.165) is 47.7 Å². The number of methoxy groups -OCH3 is 1. The quantitative estimate of drug-likeness (QED) is 0.830. The smallest absolute Gasteiger partial charge is 0.129 e. The van der Waals surface area contributed by atoms with Gasteiger partial charge in [0.25, 0.3) is 0 Å². The molecule has 0 saturated heterocycles. The molecule has 1 aromatic heterocycles. The van der Waals surface area contributed by atoms with Crippen molar-refractivity contribution in [1.29, 1.82) is 0 Å². The van der Waals surface area contributed by atoms with Crippen molar-refractivity contribution in [2.45, 2.75) is 45.3 Å². The summed E-state index contributed by atoms with van der Waals surface area (Å²) < 4.78 is 11.2. The van der Waals surface area contributed by atoms with E-state index in [-0.39, 0.29) is 0 Å². The minimum Gasteiger partial charge on any atom is -0.462 e. The molecule has 1 heterocycles. The van der Waals surface area contributed by atoms with Crippen molar-refractivity contribution in [2.75, 3.05) is 13.7 Å². The number of fused-ring (bicyclic) bond motifs is 5. The zero-order valence-electron chi connectivity index (χ0n) is 13.2. The molecule has 116 valence electrons. The number of rotatable bonds is 7. The first-order chi connectivity index (χ1) is 10.3. The molecule has 1 N–H and O–H groups in total. The lowest BCUT2D eigenvalue weighted by atomic mass is 9.96. The lowest BCUT2D eigenvalue weighted by Crippen LogP contribution is -2.26. The van der Waals surface area contributed by atoms with Crippen molar-refractivity contribution < 1.29 is 9.15 Å². The van der Waals surface area contributed by atoms with Crippen LogP contribution in [0.15, 0.2) is 16.5 Å². The molecule has 5 atom stereocenters. The molecule has 0 aromatic carbocycles. The summed E-state index contributed by atoms with van der Waals surface area (Å²) in [4.78, 5) is 0. The van der Waals surface area contributed by atoms with Crippen molar-refractivity contribution in [3.8, 4) is 0 Å². The Bertz CT molecular complexity index is 481. The summed E-state index contributed by atoms with van der Waals surface area (Å²) in [5.41, 5.74) is 0. The van der Waals surface area contributed by atoms with Gasteiger partial charge < -0.3 is 14.5 Å². The second-order valence-corrected chi connectivity index (χ2v) is 7.23. The van der Waals surface area contributed by atoms with Crippen LogP contribution < -0.4 is 5.32 Å². The molecular weight excluding hydrogens is 262 g/mol. The maximum atomic E-state index is 6.05. The molecule has 3 fully saturated rings. The molecule has 2 bridgehead atoms. The van der Waals surface area contributed by atoms with Crippen LogP contribution in [0.3, 0.4) is 0 Å². The summed E-state index contributed by atoms with van der Waals surface area (Å²) in [7, 11) is 1.72. The monoisotopic (exact) mass is 289 g/mol. The van der Waals surface area contributed by atoms with Crippen molar-refractivity contribution in [3.05, 3.63) is 23.7 Å². The maximum Gasteiger partial charge on any atom is 0.129 e. The standard InChI is InChI=1S/C18H27NO2/c1-3-8-19-18(14-7-6-13(21-14)10-20-2)17-15-11-4-5-12(9-11)16(15)17/h6-7,11-12,15-19H,3-5,8-10H2,1-2H3. The molecule has 0 radical (unpaired) electrons. The predicted octanol–water partition coefficient (Wildman–Crippen LogP) is 3.76. The van der Waals surface area contributed by atoms with Crippen molar-refractivity contribution in [3.63, 3.8) is 0 Å². The predicted molar refractivity (Wildman–Crippen MR) is 81.8 cm³/mol. The Kier molecular flexibility index (Phi) is 3.58. The van der Waals surface area contributed by atoms with Gasteiger partial charge in [-0.25, -0.2) is 0 Å². The Labute approximate surface area is 127 Å². The van der Waals surface area contributed by atoms with Crippen molar-refractivity contribution >= 4 is 0 Å². The molecule has 1 aromatic rings. The van der Waals surface area contributed by atoms with Gasteiger partial charge in [0.2, 0.25) is 0 Å². The van der Waals surface area contributed by atoms with Gasteiger partial charge in [-0.05, 0) is 74.0 Å². The Hall–Kier alpha value is -0.800. The minimum atomic E-state index is 0.425. The molecule has 3 aliphatic rings. The first kappa shape index (κ1) is 13.8. The van der Waals surface area contributed by atoms with Crippen molar-refractivity contribution in [1.82, 2.24) is 5.32 Å². The van der Waals surface area contributed by atoms with Crippen LogP contribution in [0.4, 0.5) is 0 Å². The third kappa shape index (κ3) is 2.25. The number of hydrogen-bond acceptors (Lipinski definition) is 3. The van der Waals surface area contributed by atoms with E-state index >= 15 is 0 Å². The van der Waals surface area contributed by atoms with Crippen LogP contribution in [-0.2, 0) is 11.3 Å². The second-order valence-electron chi connectivity index (χ2n) is 7.23. The number of ether oxygens (including phenoxy) is 1. The molecule has 3 aliphatic carbocycles. The van der Waals surface area contributed by atoms with Crippen LogP contribution in [0.25, 0.3) is 0 Å². The lowest BCUT2D eigenvalue weighted by molar-refractivity contribution is 0.160. The third-order valence-electron chi connectivity index (χ3n) is 6.07. The molecule has 3 saturated carbocycles. The summed E-state index contributed by atoms with van der Waals surface area (Å²) in [6.07, 6.45) is 5.66. The largest absolute Gasteiger partial charge is 0.462 e. The molecule has 21 heavy (non-hydrogen) atoms. The summed E-state index contributed by atoms with van der Waals surface area (Å²) in [5.74, 6) is 6.90. The topological polar surface area (TPSA) is 34.4 Å². The normalized spacial score (nSPS) is 37.7. The van der Waals surface area contributed by atoms with E-state index in [1.165, 1.54) is 25.7 Å². The molecule has 3 heteroatoms. The highest BCUT2D eigenvalue weighted by atomic mass is 16.5. The SMILES string of the molecule is CCCNC(c1ccc(COC)o1)C1C2C3CCC(C3)C21. The van der Waals surface area contributed by atoms with Crippen LogP contribution in [0.1, 0.15) is 50.2 Å². The summed E-state index contributed by atoms with van der Waals surface area (Å²) in [6.45, 7) is 3.89. The van der Waals surface area contributed by atoms with Gasteiger partial charge in [-0.3, -0.25) is 0 Å². The molecule has 5 unspecified atom stereocenters. The van der Waals surface area contributed by atoms with E-state index in [2.05, 4.69) is 24.4 Å². The second kappa shape index (κ2) is 5.44. The highest BCUT2D eigenvalue weighted by Crippen LogP contribution is 2.72. The highest BCUT2D eigenvalue weighted by molar-refractivity contribution is 5.21. The van der Waals surface area contributed by atoms with E-state index in [9.17, 15) is 0 Å². The average Bonchev–Trinajstić information content (AvgIpc) is 2.88. The minimum absolute atomic E-state index is 0.425. The third-order valence-corrected chi connectivity index (χ3v) is 6.07. The van der Waals surface area contributed by atoms with Crippen LogP contribution >= 0.6 is 0 Å². The molecule has 0 aliphatic heterocycles. The Balaban J connectivity index is 1.52. The average molecular weight is 289 g/mol. The van der Waals surface area contributed by atoms with Gasteiger partial charge in [0.15, 0.2) is 0 Å². The maximum absolute atomic E-state index is 6.05. The van der Waals surface area contributed by atoms with E-state index < -0.39 is 0 Å². The Morgan fingerprint density at radius 3 is 2.71 bits per heavy atom. The molecule has 0 spiro atoms. The number of hydrogen-bond donors (Lipinski definition) is 1. The first-order valence-electron chi connectivity index (χ1n) is 8.64. The van der Waals surface area contributed by atoms with Crippen LogP contribution in [0.2, 0.25) is 0 Å². The Morgan fingerprint density at radius 2 is 2.05 bits per heavy atom.